The molecule has 5 nitrogen and oxygen atoms in total. The normalized spacial score (nSPS) is 10.5. The summed E-state index contributed by atoms with van der Waals surface area (Å²) in [7, 11) is 0. The Kier molecular flexibility index (Phi) is 8.26. The van der Waals surface area contributed by atoms with Crippen LogP contribution < -0.4 is 20.3 Å². The van der Waals surface area contributed by atoms with Gasteiger partial charge in [-0.1, -0.05) is 13.8 Å². The first-order valence-corrected chi connectivity index (χ1v) is 10.0. The summed E-state index contributed by atoms with van der Waals surface area (Å²) < 4.78 is 5.63. The van der Waals surface area contributed by atoms with Gasteiger partial charge in [0.2, 0.25) is 0 Å². The fraction of sp³-hybridized carbons (Fsp3) is 0.364. The smallest absolute Gasteiger partial charge is 0.257 e. The van der Waals surface area contributed by atoms with E-state index in [9.17, 15) is 4.79 Å². The zero-order valence-electron chi connectivity index (χ0n) is 17.0. The summed E-state index contributed by atoms with van der Waals surface area (Å²) in [5.41, 5.74) is 2.52. The molecule has 0 atom stereocenters. The summed E-state index contributed by atoms with van der Waals surface area (Å²) in [6.07, 6.45) is 0. The highest BCUT2D eigenvalue weighted by atomic mass is 32.1. The molecule has 0 aliphatic heterocycles. The summed E-state index contributed by atoms with van der Waals surface area (Å²) in [6, 6.07) is 15.0. The first kappa shape index (κ1) is 21.7. The topological polar surface area (TPSA) is 53.6 Å². The van der Waals surface area contributed by atoms with Crippen LogP contribution in [0.15, 0.2) is 48.5 Å². The molecule has 6 heteroatoms. The van der Waals surface area contributed by atoms with Crippen molar-refractivity contribution in [1.82, 2.24) is 5.32 Å². The van der Waals surface area contributed by atoms with Gasteiger partial charge in [0.15, 0.2) is 5.11 Å². The average molecular weight is 400 g/mol. The van der Waals surface area contributed by atoms with Crippen LogP contribution >= 0.6 is 12.2 Å². The monoisotopic (exact) mass is 399 g/mol. The number of benzene rings is 2. The molecule has 0 aliphatic carbocycles. The van der Waals surface area contributed by atoms with E-state index in [4.69, 9.17) is 17.0 Å². The number of anilines is 2. The van der Waals surface area contributed by atoms with Crippen molar-refractivity contribution in [3.8, 4) is 5.75 Å². The van der Waals surface area contributed by atoms with Crippen molar-refractivity contribution in [2.75, 3.05) is 29.9 Å². The molecule has 0 bridgehead atoms. The standard InChI is InChI=1S/C22H29N3O2S/c1-5-25(6-2)19-11-9-18(10-12-19)23-22(28)24-21(26)17-7-13-20(14-8-17)27-15-16(3)4/h7-14,16H,5-6,15H2,1-4H3,(H2,23,24,26,28). The highest BCUT2D eigenvalue weighted by molar-refractivity contribution is 7.80. The van der Waals surface area contributed by atoms with E-state index < -0.39 is 0 Å². The van der Waals surface area contributed by atoms with Crippen molar-refractivity contribution in [1.29, 1.82) is 0 Å². The summed E-state index contributed by atoms with van der Waals surface area (Å²) >= 11 is 5.26. The Morgan fingerprint density at radius 2 is 1.64 bits per heavy atom. The number of rotatable bonds is 8. The zero-order valence-corrected chi connectivity index (χ0v) is 17.8. The lowest BCUT2D eigenvalue weighted by molar-refractivity contribution is 0.0977. The Bertz CT molecular complexity index is 769. The van der Waals surface area contributed by atoms with Gasteiger partial charge in [-0.2, -0.15) is 0 Å². The van der Waals surface area contributed by atoms with Crippen LogP contribution in [0.2, 0.25) is 0 Å². The largest absolute Gasteiger partial charge is 0.493 e. The molecule has 0 aliphatic rings. The van der Waals surface area contributed by atoms with Crippen molar-refractivity contribution >= 4 is 34.6 Å². The van der Waals surface area contributed by atoms with Crippen LogP contribution in [0.3, 0.4) is 0 Å². The van der Waals surface area contributed by atoms with Gasteiger partial charge in [0.05, 0.1) is 6.61 Å². The molecule has 0 saturated heterocycles. The number of thiocarbonyl (C=S) groups is 1. The first-order chi connectivity index (χ1) is 13.4. The quantitative estimate of drug-likeness (QED) is 0.631. The summed E-state index contributed by atoms with van der Waals surface area (Å²) in [6.45, 7) is 11.0. The number of hydrogen-bond acceptors (Lipinski definition) is 4. The van der Waals surface area contributed by atoms with Crippen molar-refractivity contribution in [2.45, 2.75) is 27.7 Å². The van der Waals surface area contributed by atoms with Crippen LogP contribution in [0.4, 0.5) is 11.4 Å². The van der Waals surface area contributed by atoms with Gasteiger partial charge in [0.1, 0.15) is 5.75 Å². The van der Waals surface area contributed by atoms with Gasteiger partial charge >= 0.3 is 0 Å². The van der Waals surface area contributed by atoms with E-state index in [0.29, 0.717) is 18.1 Å². The maximum Gasteiger partial charge on any atom is 0.257 e. The predicted molar refractivity (Wildman–Crippen MR) is 120 cm³/mol. The SMILES string of the molecule is CCN(CC)c1ccc(NC(=S)NC(=O)c2ccc(OCC(C)C)cc2)cc1. The van der Waals surface area contributed by atoms with Gasteiger partial charge in [-0.25, -0.2) is 0 Å². The fourth-order valence-electron chi connectivity index (χ4n) is 2.65. The second-order valence-corrected chi connectivity index (χ2v) is 7.26. The van der Waals surface area contributed by atoms with E-state index >= 15 is 0 Å². The lowest BCUT2D eigenvalue weighted by Crippen LogP contribution is -2.34. The van der Waals surface area contributed by atoms with Gasteiger partial charge in [0.25, 0.3) is 5.91 Å². The Labute approximate surface area is 173 Å². The van der Waals surface area contributed by atoms with Gasteiger partial charge < -0.3 is 15.0 Å². The van der Waals surface area contributed by atoms with E-state index in [1.54, 1.807) is 24.3 Å². The molecule has 0 spiro atoms. The molecular weight excluding hydrogens is 370 g/mol. The fourth-order valence-corrected chi connectivity index (χ4v) is 2.86. The number of nitrogens with zero attached hydrogens (tertiary/aromatic N) is 1. The molecule has 2 aromatic rings. The summed E-state index contributed by atoms with van der Waals surface area (Å²) in [5, 5.41) is 6.01. The molecule has 2 aromatic carbocycles. The minimum atomic E-state index is -0.257. The molecule has 1 amide bonds. The highest BCUT2D eigenvalue weighted by Gasteiger charge is 2.09. The third-order valence-electron chi connectivity index (χ3n) is 4.18. The molecule has 150 valence electrons. The summed E-state index contributed by atoms with van der Waals surface area (Å²) in [5.74, 6) is 0.944. The molecule has 28 heavy (non-hydrogen) atoms. The molecule has 0 radical (unpaired) electrons. The van der Waals surface area contributed by atoms with Crippen LogP contribution in [-0.4, -0.2) is 30.7 Å². The Hall–Kier alpha value is -2.60. The molecule has 0 saturated carbocycles. The Morgan fingerprint density at radius 3 is 2.18 bits per heavy atom. The zero-order chi connectivity index (χ0) is 20.5. The number of nitrogens with one attached hydrogen (secondary N) is 2. The number of ether oxygens (including phenoxy) is 1. The van der Waals surface area contributed by atoms with Gasteiger partial charge in [0, 0.05) is 30.0 Å². The highest BCUT2D eigenvalue weighted by Crippen LogP contribution is 2.18. The third kappa shape index (κ3) is 6.53. The van der Waals surface area contributed by atoms with Gasteiger partial charge in [-0.15, -0.1) is 0 Å². The van der Waals surface area contributed by atoms with Crippen molar-refractivity contribution < 1.29 is 9.53 Å². The average Bonchev–Trinajstić information content (AvgIpc) is 2.69. The second-order valence-electron chi connectivity index (χ2n) is 6.86. The number of carbonyl (C=O) groups is 1. The van der Waals surface area contributed by atoms with E-state index in [1.807, 2.05) is 24.3 Å². The van der Waals surface area contributed by atoms with E-state index in [2.05, 4.69) is 43.2 Å². The van der Waals surface area contributed by atoms with Crippen LogP contribution in [0.5, 0.6) is 5.75 Å². The third-order valence-corrected chi connectivity index (χ3v) is 4.38. The molecule has 2 rings (SSSR count). The van der Waals surface area contributed by atoms with Crippen molar-refractivity contribution in [3.63, 3.8) is 0 Å². The molecular formula is C22H29N3O2S. The summed E-state index contributed by atoms with van der Waals surface area (Å²) in [4.78, 5) is 14.6. The number of carbonyl (C=O) groups excluding carboxylic acids is 1. The van der Waals surface area contributed by atoms with Crippen molar-refractivity contribution in [3.05, 3.63) is 54.1 Å². The number of amides is 1. The first-order valence-electron chi connectivity index (χ1n) is 9.63. The lowest BCUT2D eigenvalue weighted by Gasteiger charge is -2.21. The Morgan fingerprint density at radius 1 is 1.04 bits per heavy atom. The van der Waals surface area contributed by atoms with Gasteiger partial charge in [-0.05, 0) is 80.5 Å². The number of hydrogen-bond donors (Lipinski definition) is 2. The van der Waals surface area contributed by atoms with Crippen molar-refractivity contribution in [2.24, 2.45) is 5.92 Å². The van der Waals surface area contributed by atoms with Crippen LogP contribution in [0.25, 0.3) is 0 Å². The lowest BCUT2D eigenvalue weighted by atomic mass is 10.2. The van der Waals surface area contributed by atoms with Gasteiger partial charge in [-0.3, -0.25) is 10.1 Å². The maximum atomic E-state index is 12.4. The minimum absolute atomic E-state index is 0.257. The van der Waals surface area contributed by atoms with Crippen LogP contribution in [0.1, 0.15) is 38.1 Å². The van der Waals surface area contributed by atoms with E-state index in [0.717, 1.165) is 30.2 Å². The molecule has 0 unspecified atom stereocenters. The maximum absolute atomic E-state index is 12.4. The molecule has 0 fully saturated rings. The molecule has 0 heterocycles. The predicted octanol–water partition coefficient (Wildman–Crippen LogP) is 4.69. The Balaban J connectivity index is 1.89. The van der Waals surface area contributed by atoms with Crippen LogP contribution in [0, 0.1) is 5.92 Å². The minimum Gasteiger partial charge on any atom is -0.493 e. The van der Waals surface area contributed by atoms with Crippen LogP contribution in [-0.2, 0) is 0 Å². The second kappa shape index (κ2) is 10.7. The van der Waals surface area contributed by atoms with E-state index in [-0.39, 0.29) is 11.0 Å². The van der Waals surface area contributed by atoms with E-state index in [1.165, 1.54) is 0 Å². The molecule has 2 N–H and O–H groups in total. The molecule has 0 aromatic heterocycles.